The van der Waals surface area contributed by atoms with Crippen molar-refractivity contribution in [2.24, 2.45) is 23.7 Å². The van der Waals surface area contributed by atoms with Gasteiger partial charge in [-0.15, -0.1) is 0 Å². The van der Waals surface area contributed by atoms with Gasteiger partial charge in [0.2, 0.25) is 11.8 Å². The molecule has 2 aliphatic heterocycles. The van der Waals surface area contributed by atoms with E-state index in [0.29, 0.717) is 32.1 Å². The Morgan fingerprint density at radius 2 is 1.64 bits per heavy atom. The van der Waals surface area contributed by atoms with E-state index in [-0.39, 0.29) is 46.9 Å². The molecule has 4 amide bonds. The lowest BCUT2D eigenvalue weighted by Gasteiger charge is -2.50. The third-order valence-electron chi connectivity index (χ3n) is 11.6. The van der Waals surface area contributed by atoms with Crippen molar-refractivity contribution in [2.75, 3.05) is 24.5 Å². The molecular formula is C42H34BrCl2N3O7. The number of imide groups is 2. The van der Waals surface area contributed by atoms with Crippen LogP contribution in [0.15, 0.2) is 102 Å². The number of ether oxygens (including phenoxy) is 2. The Labute approximate surface area is 335 Å². The maximum Gasteiger partial charge on any atom is 0.260 e. The lowest BCUT2D eigenvalue weighted by molar-refractivity contribution is -0.138. The molecule has 8 rings (SSSR count). The molecule has 2 heterocycles. The molecule has 280 valence electrons. The van der Waals surface area contributed by atoms with Crippen LogP contribution in [0.1, 0.15) is 35.4 Å². The highest BCUT2D eigenvalue weighted by molar-refractivity contribution is 9.10. The summed E-state index contributed by atoms with van der Waals surface area (Å²) in [6.07, 6.45) is 3.97. The number of allylic oxidation sites excluding steroid dienone is 2. The highest BCUT2D eigenvalue weighted by Gasteiger charge is 2.70. The molecule has 6 atom stereocenters. The predicted molar refractivity (Wildman–Crippen MR) is 212 cm³/mol. The topological polar surface area (TPSA) is 125 Å². The van der Waals surface area contributed by atoms with Crippen LogP contribution in [-0.2, 0) is 24.6 Å². The molecule has 4 aromatic carbocycles. The lowest BCUT2D eigenvalue weighted by Crippen LogP contribution is -2.53. The van der Waals surface area contributed by atoms with E-state index in [2.05, 4.69) is 27.9 Å². The number of hydrogen-bond donors (Lipinski definition) is 2. The van der Waals surface area contributed by atoms with Crippen LogP contribution in [0, 0.1) is 23.7 Å². The average Bonchev–Trinajstić information content (AvgIpc) is 3.57. The van der Waals surface area contributed by atoms with Crippen molar-refractivity contribution >= 4 is 80.2 Å². The van der Waals surface area contributed by atoms with E-state index >= 15 is 4.79 Å². The number of aromatic hydroxyl groups is 1. The average molecular weight is 844 g/mol. The first-order valence-electron chi connectivity index (χ1n) is 17.6. The molecule has 4 aliphatic rings. The molecule has 2 saturated heterocycles. The van der Waals surface area contributed by atoms with Crippen molar-refractivity contribution in [3.8, 4) is 17.2 Å². The number of phenols is 1. The molecule has 55 heavy (non-hydrogen) atoms. The fourth-order valence-electron chi connectivity index (χ4n) is 9.15. The summed E-state index contributed by atoms with van der Waals surface area (Å²) in [5.74, 6) is -5.20. The monoisotopic (exact) mass is 841 g/mol. The minimum absolute atomic E-state index is 0.0886. The molecule has 2 aliphatic carbocycles. The van der Waals surface area contributed by atoms with Crippen LogP contribution >= 0.6 is 39.1 Å². The second-order valence-corrected chi connectivity index (χ2v) is 15.8. The van der Waals surface area contributed by atoms with Crippen molar-refractivity contribution in [1.29, 1.82) is 0 Å². The van der Waals surface area contributed by atoms with Crippen LogP contribution < -0.4 is 19.8 Å². The minimum Gasteiger partial charge on any atom is -0.503 e. The summed E-state index contributed by atoms with van der Waals surface area (Å²) in [7, 11) is 2.96. The van der Waals surface area contributed by atoms with E-state index in [9.17, 15) is 19.5 Å². The number of benzene rings is 4. The van der Waals surface area contributed by atoms with Gasteiger partial charge in [0, 0.05) is 10.9 Å². The number of carbonyl (C=O) groups excluding carboxylic acids is 4. The van der Waals surface area contributed by atoms with Gasteiger partial charge >= 0.3 is 0 Å². The zero-order valence-corrected chi connectivity index (χ0v) is 32.7. The van der Waals surface area contributed by atoms with E-state index in [0.717, 1.165) is 16.1 Å². The van der Waals surface area contributed by atoms with E-state index in [4.69, 9.17) is 32.7 Å². The Balaban J connectivity index is 1.34. The first kappa shape index (κ1) is 36.9. The first-order valence-corrected chi connectivity index (χ1v) is 19.1. The van der Waals surface area contributed by atoms with Crippen LogP contribution in [0.25, 0.3) is 6.08 Å². The minimum atomic E-state index is -1.59. The van der Waals surface area contributed by atoms with E-state index in [1.807, 2.05) is 6.08 Å². The largest absolute Gasteiger partial charge is 0.503 e. The zero-order valence-electron chi connectivity index (χ0n) is 29.6. The number of phenolic OH excluding ortho intramolecular Hbond substituents is 1. The molecule has 10 nitrogen and oxygen atoms in total. The van der Waals surface area contributed by atoms with Crippen molar-refractivity contribution < 1.29 is 33.8 Å². The molecule has 6 unspecified atom stereocenters. The lowest BCUT2D eigenvalue weighted by atomic mass is 9.49. The van der Waals surface area contributed by atoms with Gasteiger partial charge < -0.3 is 14.6 Å². The fourth-order valence-corrected chi connectivity index (χ4v) is 10.1. The van der Waals surface area contributed by atoms with E-state index in [1.54, 1.807) is 78.9 Å². The fraction of sp³-hybridized carbons (Fsp3) is 0.238. The SMILES string of the molecule is C=Cc1ccc(N2C(=O)C3CC=C4C(CC5C(=O)N(Nc6ccc(Cl)cc6Cl)C(=O)C5(c5ccc(OC)cc5)C4c4cc(Br)c(O)c(OC)c4)C3C2=O)cc1. The Bertz CT molecular complexity index is 2330. The molecular weight excluding hydrogens is 809 g/mol. The quantitative estimate of drug-likeness (QED) is 0.134. The van der Waals surface area contributed by atoms with Crippen molar-refractivity contribution in [3.05, 3.63) is 128 Å². The highest BCUT2D eigenvalue weighted by atomic mass is 79.9. The maximum absolute atomic E-state index is 15.5. The van der Waals surface area contributed by atoms with Gasteiger partial charge in [-0.3, -0.25) is 29.5 Å². The third kappa shape index (κ3) is 5.58. The van der Waals surface area contributed by atoms with Gasteiger partial charge in [-0.05, 0) is 106 Å². The number of hydrogen-bond acceptors (Lipinski definition) is 8. The van der Waals surface area contributed by atoms with Crippen LogP contribution in [0.3, 0.4) is 0 Å². The van der Waals surface area contributed by atoms with Gasteiger partial charge in [0.25, 0.3) is 11.8 Å². The normalized spacial score (nSPS) is 25.6. The van der Waals surface area contributed by atoms with Gasteiger partial charge in [-0.25, -0.2) is 0 Å². The Morgan fingerprint density at radius 1 is 0.909 bits per heavy atom. The standard InChI is InChI=1S/C42H34BrCl2N3O7/c1-4-21-5-10-25(11-6-21)47-38(50)28-15-14-27-29(35(28)40(47)52)20-30-39(51)48(46-33-16-9-24(44)19-32(33)45)41(53)42(30,23-7-12-26(54-2)13-8-23)36(27)22-17-31(43)37(49)34(18-22)55-3/h4-14,16-19,28-30,35-36,46,49H,1,15,20H2,2-3H3. The molecule has 2 N–H and O–H groups in total. The predicted octanol–water partition coefficient (Wildman–Crippen LogP) is 8.31. The molecule has 3 fully saturated rings. The molecule has 0 spiro atoms. The second kappa shape index (κ2) is 13.9. The smallest absolute Gasteiger partial charge is 0.260 e. The Morgan fingerprint density at radius 3 is 2.29 bits per heavy atom. The second-order valence-electron chi connectivity index (χ2n) is 14.1. The molecule has 0 bridgehead atoms. The van der Waals surface area contributed by atoms with Crippen molar-refractivity contribution in [2.45, 2.75) is 24.2 Å². The number of fused-ring (bicyclic) bond motifs is 4. The summed E-state index contributed by atoms with van der Waals surface area (Å²) < 4.78 is 11.4. The van der Waals surface area contributed by atoms with Gasteiger partial charge in [0.1, 0.15) is 5.75 Å². The summed E-state index contributed by atoms with van der Waals surface area (Å²) in [4.78, 5) is 60.5. The number of rotatable bonds is 8. The van der Waals surface area contributed by atoms with Crippen LogP contribution in [0.2, 0.25) is 10.0 Å². The molecule has 4 aromatic rings. The van der Waals surface area contributed by atoms with E-state index in [1.165, 1.54) is 25.2 Å². The molecule has 0 radical (unpaired) electrons. The van der Waals surface area contributed by atoms with Crippen molar-refractivity contribution in [1.82, 2.24) is 5.01 Å². The third-order valence-corrected chi connectivity index (χ3v) is 12.7. The van der Waals surface area contributed by atoms with Gasteiger partial charge in [-0.1, -0.05) is 71.8 Å². The number of amides is 4. The number of anilines is 2. The number of halogens is 3. The molecule has 1 saturated carbocycles. The first-order chi connectivity index (χ1) is 26.4. The van der Waals surface area contributed by atoms with Crippen molar-refractivity contribution in [3.63, 3.8) is 0 Å². The van der Waals surface area contributed by atoms with Gasteiger partial charge in [0.05, 0.1) is 58.3 Å². The maximum atomic E-state index is 15.5. The van der Waals surface area contributed by atoms with Gasteiger partial charge in [0.15, 0.2) is 11.5 Å². The molecule has 0 aromatic heterocycles. The summed E-state index contributed by atoms with van der Waals surface area (Å²) in [5.41, 5.74) is 4.82. The zero-order chi connectivity index (χ0) is 38.9. The summed E-state index contributed by atoms with van der Waals surface area (Å²) in [5, 5.41) is 12.5. The van der Waals surface area contributed by atoms with Gasteiger partial charge in [-0.2, -0.15) is 5.01 Å². The number of carbonyl (C=O) groups is 4. The Kier molecular flexibility index (Phi) is 9.30. The van der Waals surface area contributed by atoms with Crippen LogP contribution in [-0.4, -0.2) is 48.0 Å². The number of methoxy groups -OCH3 is 2. The summed E-state index contributed by atoms with van der Waals surface area (Å²) in [6, 6.07) is 22.1. The number of nitrogens with one attached hydrogen (secondary N) is 1. The molecule has 13 heteroatoms. The van der Waals surface area contributed by atoms with Crippen LogP contribution in [0.4, 0.5) is 11.4 Å². The Hall–Kier alpha value is -5.10. The van der Waals surface area contributed by atoms with E-state index < -0.39 is 46.8 Å². The summed E-state index contributed by atoms with van der Waals surface area (Å²) in [6.45, 7) is 3.80. The highest BCUT2D eigenvalue weighted by Crippen LogP contribution is 2.65. The van der Waals surface area contributed by atoms with Crippen LogP contribution in [0.5, 0.6) is 17.2 Å². The number of nitrogens with zero attached hydrogens (tertiary/aromatic N) is 2. The number of hydrazine groups is 1. The summed E-state index contributed by atoms with van der Waals surface area (Å²) >= 11 is 16.2.